The molecule has 2 atom stereocenters. The van der Waals surface area contributed by atoms with Gasteiger partial charge in [-0.05, 0) is 6.92 Å². The molecule has 102 valence electrons. The van der Waals surface area contributed by atoms with Crippen LogP contribution in [0.2, 0.25) is 0 Å². The molecule has 0 spiro atoms. The Hall–Kier alpha value is -2.38. The quantitative estimate of drug-likeness (QED) is 0.786. The molecule has 1 aliphatic heterocycles. The van der Waals surface area contributed by atoms with Crippen LogP contribution in [0.5, 0.6) is 0 Å². The number of rotatable bonds is 4. The van der Waals surface area contributed by atoms with E-state index in [1.54, 1.807) is 24.1 Å². The second-order valence-electron chi connectivity index (χ2n) is 4.32. The molecule has 19 heavy (non-hydrogen) atoms. The van der Waals surface area contributed by atoms with E-state index in [9.17, 15) is 9.59 Å². The summed E-state index contributed by atoms with van der Waals surface area (Å²) >= 11 is 0. The molecule has 0 radical (unpaired) electrons. The maximum absolute atomic E-state index is 11.9. The second-order valence-corrected chi connectivity index (χ2v) is 4.32. The Morgan fingerprint density at radius 2 is 2.37 bits per heavy atom. The standard InChI is InChI=1S/C11H14N4O4/c1-6(7-4-12-15(2)5-7)13-10(16)9-3-8(11(17)18)14-19-9/h4-6,9H,3H2,1-2H3,(H,13,16)(H,17,18). The van der Waals surface area contributed by atoms with Gasteiger partial charge < -0.3 is 15.3 Å². The maximum Gasteiger partial charge on any atom is 0.353 e. The summed E-state index contributed by atoms with van der Waals surface area (Å²) in [6.45, 7) is 1.81. The third kappa shape index (κ3) is 2.90. The van der Waals surface area contributed by atoms with Crippen LogP contribution in [0.4, 0.5) is 0 Å². The minimum atomic E-state index is -1.17. The molecule has 8 heteroatoms. The third-order valence-corrected chi connectivity index (χ3v) is 2.79. The van der Waals surface area contributed by atoms with Crippen molar-refractivity contribution in [3.05, 3.63) is 18.0 Å². The van der Waals surface area contributed by atoms with Gasteiger partial charge in [-0.1, -0.05) is 5.16 Å². The molecule has 2 heterocycles. The van der Waals surface area contributed by atoms with Crippen molar-refractivity contribution in [2.75, 3.05) is 0 Å². The number of hydrogen-bond acceptors (Lipinski definition) is 5. The van der Waals surface area contributed by atoms with Crippen molar-refractivity contribution in [2.24, 2.45) is 12.2 Å². The van der Waals surface area contributed by atoms with Crippen molar-refractivity contribution in [1.82, 2.24) is 15.1 Å². The Morgan fingerprint density at radius 1 is 1.63 bits per heavy atom. The van der Waals surface area contributed by atoms with Crippen LogP contribution in [0, 0.1) is 0 Å². The molecule has 2 rings (SSSR count). The van der Waals surface area contributed by atoms with Crippen LogP contribution in [-0.2, 0) is 21.5 Å². The van der Waals surface area contributed by atoms with E-state index in [0.29, 0.717) is 0 Å². The van der Waals surface area contributed by atoms with Crippen LogP contribution < -0.4 is 5.32 Å². The molecule has 1 aromatic rings. The van der Waals surface area contributed by atoms with Crippen molar-refractivity contribution in [3.63, 3.8) is 0 Å². The summed E-state index contributed by atoms with van der Waals surface area (Å²) in [6, 6.07) is -0.237. The number of nitrogens with zero attached hydrogens (tertiary/aromatic N) is 3. The van der Waals surface area contributed by atoms with E-state index in [-0.39, 0.29) is 18.2 Å². The van der Waals surface area contributed by atoms with E-state index >= 15 is 0 Å². The lowest BCUT2D eigenvalue weighted by atomic mass is 10.1. The van der Waals surface area contributed by atoms with Gasteiger partial charge in [-0.25, -0.2) is 4.79 Å². The smallest absolute Gasteiger partial charge is 0.353 e. The fourth-order valence-corrected chi connectivity index (χ4v) is 1.70. The summed E-state index contributed by atoms with van der Waals surface area (Å²) < 4.78 is 1.63. The highest BCUT2D eigenvalue weighted by atomic mass is 16.6. The normalized spacial score (nSPS) is 19.5. The molecule has 8 nitrogen and oxygen atoms in total. The van der Waals surface area contributed by atoms with E-state index < -0.39 is 18.0 Å². The number of aromatic nitrogens is 2. The van der Waals surface area contributed by atoms with Gasteiger partial charge in [0, 0.05) is 25.2 Å². The Balaban J connectivity index is 1.90. The number of carbonyl (C=O) groups is 2. The number of nitrogens with one attached hydrogen (secondary N) is 1. The molecule has 0 aliphatic carbocycles. The first-order chi connectivity index (χ1) is 8.97. The van der Waals surface area contributed by atoms with Crippen molar-refractivity contribution in [3.8, 4) is 0 Å². The zero-order valence-electron chi connectivity index (χ0n) is 10.5. The first-order valence-corrected chi connectivity index (χ1v) is 5.72. The highest BCUT2D eigenvalue weighted by Crippen LogP contribution is 2.14. The minimum absolute atomic E-state index is 0.0269. The topological polar surface area (TPSA) is 106 Å². The Kier molecular flexibility index (Phi) is 3.50. The number of carboxylic acid groups (broad SMARTS) is 1. The van der Waals surface area contributed by atoms with Gasteiger partial charge in [0.05, 0.1) is 12.2 Å². The number of aliphatic carboxylic acids is 1. The molecule has 2 unspecified atom stereocenters. The van der Waals surface area contributed by atoms with E-state index in [2.05, 4.69) is 15.6 Å². The molecule has 0 saturated carbocycles. The molecule has 0 fully saturated rings. The van der Waals surface area contributed by atoms with Crippen LogP contribution in [0.3, 0.4) is 0 Å². The number of oxime groups is 1. The number of hydrogen-bond donors (Lipinski definition) is 2. The fourth-order valence-electron chi connectivity index (χ4n) is 1.70. The zero-order valence-corrected chi connectivity index (χ0v) is 10.5. The van der Waals surface area contributed by atoms with Gasteiger partial charge in [-0.2, -0.15) is 5.10 Å². The summed E-state index contributed by atoms with van der Waals surface area (Å²) in [7, 11) is 1.78. The van der Waals surface area contributed by atoms with Gasteiger partial charge in [0.2, 0.25) is 6.10 Å². The van der Waals surface area contributed by atoms with Crippen molar-refractivity contribution >= 4 is 17.6 Å². The van der Waals surface area contributed by atoms with Crippen LogP contribution in [0.15, 0.2) is 17.5 Å². The van der Waals surface area contributed by atoms with E-state index in [0.717, 1.165) is 5.56 Å². The lowest BCUT2D eigenvalue weighted by Gasteiger charge is -2.14. The first kappa shape index (κ1) is 13.1. The average molecular weight is 266 g/mol. The van der Waals surface area contributed by atoms with E-state index in [1.165, 1.54) is 0 Å². The molecule has 2 N–H and O–H groups in total. The van der Waals surface area contributed by atoms with Gasteiger partial charge in [0.25, 0.3) is 5.91 Å². The number of carbonyl (C=O) groups excluding carboxylic acids is 1. The van der Waals surface area contributed by atoms with Gasteiger partial charge >= 0.3 is 5.97 Å². The number of amides is 1. The largest absolute Gasteiger partial charge is 0.477 e. The van der Waals surface area contributed by atoms with Crippen LogP contribution in [0.25, 0.3) is 0 Å². The van der Waals surface area contributed by atoms with Gasteiger partial charge in [-0.3, -0.25) is 9.48 Å². The maximum atomic E-state index is 11.9. The molecule has 0 bridgehead atoms. The SMILES string of the molecule is CC(NC(=O)C1CC(C(=O)O)=NO1)c1cnn(C)c1. The van der Waals surface area contributed by atoms with Crippen LogP contribution in [-0.4, -0.2) is 38.6 Å². The Bertz CT molecular complexity index is 537. The zero-order chi connectivity index (χ0) is 14.0. The predicted molar refractivity (Wildman–Crippen MR) is 64.3 cm³/mol. The molecular formula is C11H14N4O4. The van der Waals surface area contributed by atoms with Gasteiger partial charge in [-0.15, -0.1) is 0 Å². The molecule has 1 aliphatic rings. The highest BCUT2D eigenvalue weighted by Gasteiger charge is 2.32. The highest BCUT2D eigenvalue weighted by molar-refractivity contribution is 6.36. The lowest BCUT2D eigenvalue weighted by molar-refractivity contribution is -0.132. The number of aryl methyl sites for hydroxylation is 1. The summed E-state index contributed by atoms with van der Waals surface area (Å²) in [5.41, 5.74) is 0.711. The molecule has 0 aromatic carbocycles. The summed E-state index contributed by atoms with van der Waals surface area (Å²) in [5.74, 6) is -1.56. The van der Waals surface area contributed by atoms with Crippen molar-refractivity contribution in [2.45, 2.75) is 25.5 Å². The third-order valence-electron chi connectivity index (χ3n) is 2.79. The van der Waals surface area contributed by atoms with Crippen molar-refractivity contribution < 1.29 is 19.5 Å². The molecular weight excluding hydrogens is 252 g/mol. The van der Waals surface area contributed by atoms with Gasteiger partial charge in [0.15, 0.2) is 5.71 Å². The Labute approximate surface area is 109 Å². The van der Waals surface area contributed by atoms with E-state index in [1.807, 2.05) is 6.92 Å². The molecule has 0 saturated heterocycles. The Morgan fingerprint density at radius 3 is 2.89 bits per heavy atom. The van der Waals surface area contributed by atoms with Crippen LogP contribution >= 0.6 is 0 Å². The average Bonchev–Trinajstić information content (AvgIpc) is 2.96. The van der Waals surface area contributed by atoms with Crippen molar-refractivity contribution in [1.29, 1.82) is 0 Å². The van der Waals surface area contributed by atoms with E-state index in [4.69, 9.17) is 9.94 Å². The predicted octanol–water partition coefficient (Wildman–Crippen LogP) is -0.173. The van der Waals surface area contributed by atoms with Gasteiger partial charge in [0.1, 0.15) is 0 Å². The number of carboxylic acids is 1. The lowest BCUT2D eigenvalue weighted by Crippen LogP contribution is -2.36. The molecule has 1 aromatic heterocycles. The first-order valence-electron chi connectivity index (χ1n) is 5.72. The summed E-state index contributed by atoms with van der Waals surface area (Å²) in [5, 5.41) is 18.8. The summed E-state index contributed by atoms with van der Waals surface area (Å²) in [4.78, 5) is 27.3. The fraction of sp³-hybridized carbons (Fsp3) is 0.455. The van der Waals surface area contributed by atoms with Crippen LogP contribution in [0.1, 0.15) is 24.9 Å². The molecule has 1 amide bonds. The second kappa shape index (κ2) is 5.09. The monoisotopic (exact) mass is 266 g/mol. The minimum Gasteiger partial charge on any atom is -0.477 e. The summed E-state index contributed by atoms with van der Waals surface area (Å²) in [6.07, 6.45) is 2.53.